The smallest absolute Gasteiger partial charge is 0.220 e. The van der Waals surface area contributed by atoms with Crippen molar-refractivity contribution in [3.05, 3.63) is 35.6 Å². The molecule has 1 aromatic rings. The highest BCUT2D eigenvalue weighted by Gasteiger charge is 2.39. The number of aryl methyl sites for hydroxylation is 1. The van der Waals surface area contributed by atoms with Gasteiger partial charge in [-0.25, -0.2) is 12.8 Å². The molecule has 20 heavy (non-hydrogen) atoms. The Bertz CT molecular complexity index is 615. The number of amides is 1. The van der Waals surface area contributed by atoms with Crippen LogP contribution in [0.4, 0.5) is 4.39 Å². The second-order valence-electron chi connectivity index (χ2n) is 5.58. The van der Waals surface area contributed by atoms with E-state index < -0.39 is 15.4 Å². The molecule has 1 fully saturated rings. The van der Waals surface area contributed by atoms with Crippen molar-refractivity contribution in [2.75, 3.05) is 11.5 Å². The fourth-order valence-electron chi connectivity index (χ4n) is 2.46. The topological polar surface area (TPSA) is 63.2 Å². The van der Waals surface area contributed by atoms with Crippen LogP contribution in [0.25, 0.3) is 0 Å². The molecule has 0 bridgehead atoms. The first-order chi connectivity index (χ1) is 9.28. The second-order valence-corrected chi connectivity index (χ2v) is 7.76. The van der Waals surface area contributed by atoms with E-state index in [4.69, 9.17) is 0 Å². The van der Waals surface area contributed by atoms with Crippen LogP contribution in [-0.2, 0) is 21.1 Å². The Labute approximate surface area is 118 Å². The maximum atomic E-state index is 13.0. The third-order valence-corrected chi connectivity index (χ3v) is 5.38. The van der Waals surface area contributed by atoms with Crippen LogP contribution in [0.1, 0.15) is 25.3 Å². The molecule has 1 atom stereocenters. The van der Waals surface area contributed by atoms with Crippen LogP contribution in [0.5, 0.6) is 0 Å². The third kappa shape index (κ3) is 4.03. The zero-order chi connectivity index (χ0) is 14.8. The van der Waals surface area contributed by atoms with Gasteiger partial charge >= 0.3 is 0 Å². The van der Waals surface area contributed by atoms with Gasteiger partial charge in [0.2, 0.25) is 5.91 Å². The summed E-state index contributed by atoms with van der Waals surface area (Å²) in [6, 6.07) is 6.12. The fourth-order valence-corrected chi connectivity index (χ4v) is 4.55. The van der Waals surface area contributed by atoms with Gasteiger partial charge < -0.3 is 5.32 Å². The number of hydrogen-bond acceptors (Lipinski definition) is 3. The monoisotopic (exact) mass is 299 g/mol. The van der Waals surface area contributed by atoms with Crippen LogP contribution >= 0.6 is 0 Å². The normalized spacial score (nSPS) is 24.5. The minimum absolute atomic E-state index is 0.00823. The van der Waals surface area contributed by atoms with Crippen LogP contribution < -0.4 is 5.32 Å². The number of sulfone groups is 1. The van der Waals surface area contributed by atoms with E-state index >= 15 is 0 Å². The lowest BCUT2D eigenvalue weighted by Crippen LogP contribution is -2.47. The summed E-state index contributed by atoms with van der Waals surface area (Å²) in [4.78, 5) is 11.9. The number of carbonyl (C=O) groups is 1. The first kappa shape index (κ1) is 15.0. The first-order valence-corrected chi connectivity index (χ1v) is 8.36. The second kappa shape index (κ2) is 5.52. The number of hydrogen-bond donors (Lipinski definition) is 1. The third-order valence-electron chi connectivity index (χ3n) is 3.47. The van der Waals surface area contributed by atoms with E-state index in [2.05, 4.69) is 5.32 Å². The summed E-state index contributed by atoms with van der Waals surface area (Å²) in [6.07, 6.45) is 1.10. The van der Waals surface area contributed by atoms with Crippen molar-refractivity contribution >= 4 is 15.7 Å². The largest absolute Gasteiger partial charge is 0.350 e. The summed E-state index contributed by atoms with van der Waals surface area (Å²) in [5, 5.41) is 2.78. The quantitative estimate of drug-likeness (QED) is 0.915. The summed E-state index contributed by atoms with van der Waals surface area (Å²) < 4.78 is 35.9. The predicted octanol–water partition coefficient (Wildman–Crippen LogP) is 1.45. The lowest BCUT2D eigenvalue weighted by Gasteiger charge is -2.23. The van der Waals surface area contributed by atoms with E-state index in [0.717, 1.165) is 5.56 Å². The summed E-state index contributed by atoms with van der Waals surface area (Å²) in [5.74, 6) is -0.412. The average Bonchev–Trinajstić information content (AvgIpc) is 2.61. The van der Waals surface area contributed by atoms with Gasteiger partial charge in [0.25, 0.3) is 0 Å². The standard InChI is InChI=1S/C14H18FNO3S/c1-14(7-8-20(18,19)10-14)16-13(17)6-5-11-3-2-4-12(15)9-11/h2-4,9H,5-8,10H2,1H3,(H,16,17). The summed E-state index contributed by atoms with van der Waals surface area (Å²) in [7, 11) is -3.04. The highest BCUT2D eigenvalue weighted by atomic mass is 32.2. The molecule has 6 heteroatoms. The van der Waals surface area contributed by atoms with E-state index in [-0.39, 0.29) is 29.7 Å². The van der Waals surface area contributed by atoms with E-state index in [1.165, 1.54) is 12.1 Å². The van der Waals surface area contributed by atoms with Crippen LogP contribution in [0.2, 0.25) is 0 Å². The van der Waals surface area contributed by atoms with E-state index in [9.17, 15) is 17.6 Å². The van der Waals surface area contributed by atoms with Crippen LogP contribution in [0.15, 0.2) is 24.3 Å². The Morgan fingerprint density at radius 3 is 2.80 bits per heavy atom. The average molecular weight is 299 g/mol. The number of rotatable bonds is 4. The van der Waals surface area contributed by atoms with E-state index in [1.807, 2.05) is 0 Å². The van der Waals surface area contributed by atoms with Crippen LogP contribution in [-0.4, -0.2) is 31.4 Å². The molecule has 2 rings (SSSR count). The molecule has 1 aliphatic rings. The molecule has 0 saturated carbocycles. The molecule has 0 spiro atoms. The molecule has 1 saturated heterocycles. The molecule has 0 radical (unpaired) electrons. The molecule has 1 amide bonds. The van der Waals surface area contributed by atoms with Crippen LogP contribution in [0, 0.1) is 5.82 Å². The number of carbonyl (C=O) groups excluding carboxylic acids is 1. The number of nitrogens with one attached hydrogen (secondary N) is 1. The van der Waals surface area contributed by atoms with Gasteiger partial charge in [-0.3, -0.25) is 4.79 Å². The van der Waals surface area contributed by atoms with Crippen molar-refractivity contribution in [2.24, 2.45) is 0 Å². The zero-order valence-electron chi connectivity index (χ0n) is 11.4. The minimum Gasteiger partial charge on any atom is -0.350 e. The van der Waals surface area contributed by atoms with Gasteiger partial charge in [-0.1, -0.05) is 12.1 Å². The Kier molecular flexibility index (Phi) is 4.13. The molecular formula is C14H18FNO3S. The maximum Gasteiger partial charge on any atom is 0.220 e. The molecule has 1 heterocycles. The van der Waals surface area contributed by atoms with Crippen molar-refractivity contribution < 1.29 is 17.6 Å². The molecule has 1 N–H and O–H groups in total. The fraction of sp³-hybridized carbons (Fsp3) is 0.500. The molecule has 1 aliphatic heterocycles. The van der Waals surface area contributed by atoms with Gasteiger partial charge in [0.15, 0.2) is 9.84 Å². The van der Waals surface area contributed by atoms with Gasteiger partial charge in [-0.05, 0) is 37.5 Å². The maximum absolute atomic E-state index is 13.0. The zero-order valence-corrected chi connectivity index (χ0v) is 12.2. The van der Waals surface area contributed by atoms with Crippen molar-refractivity contribution in [1.82, 2.24) is 5.32 Å². The van der Waals surface area contributed by atoms with Gasteiger partial charge in [-0.2, -0.15) is 0 Å². The number of halogens is 1. The van der Waals surface area contributed by atoms with E-state index in [1.54, 1.807) is 19.1 Å². The van der Waals surface area contributed by atoms with Crippen molar-refractivity contribution in [3.63, 3.8) is 0 Å². The summed E-state index contributed by atoms with van der Waals surface area (Å²) in [6.45, 7) is 1.75. The van der Waals surface area contributed by atoms with Crippen molar-refractivity contribution in [2.45, 2.75) is 31.7 Å². The van der Waals surface area contributed by atoms with Crippen molar-refractivity contribution in [1.29, 1.82) is 0 Å². The Hall–Kier alpha value is -1.43. The predicted molar refractivity (Wildman–Crippen MR) is 74.5 cm³/mol. The summed E-state index contributed by atoms with van der Waals surface area (Å²) >= 11 is 0. The minimum atomic E-state index is -3.04. The lowest BCUT2D eigenvalue weighted by atomic mass is 10.0. The Balaban J connectivity index is 1.87. The molecule has 0 aliphatic carbocycles. The first-order valence-electron chi connectivity index (χ1n) is 6.54. The molecular weight excluding hydrogens is 281 g/mol. The van der Waals surface area contributed by atoms with Gasteiger partial charge in [-0.15, -0.1) is 0 Å². The Morgan fingerprint density at radius 1 is 1.45 bits per heavy atom. The van der Waals surface area contributed by atoms with Crippen molar-refractivity contribution in [3.8, 4) is 0 Å². The molecule has 0 aromatic heterocycles. The SMILES string of the molecule is CC1(NC(=O)CCc2cccc(F)c2)CCS(=O)(=O)C1. The highest BCUT2D eigenvalue weighted by Crippen LogP contribution is 2.23. The van der Waals surface area contributed by atoms with Gasteiger partial charge in [0.1, 0.15) is 5.82 Å². The lowest BCUT2D eigenvalue weighted by molar-refractivity contribution is -0.122. The van der Waals surface area contributed by atoms with E-state index in [0.29, 0.717) is 12.8 Å². The molecule has 110 valence electrons. The Morgan fingerprint density at radius 2 is 2.20 bits per heavy atom. The highest BCUT2D eigenvalue weighted by molar-refractivity contribution is 7.91. The number of benzene rings is 1. The molecule has 4 nitrogen and oxygen atoms in total. The molecule has 1 unspecified atom stereocenters. The van der Waals surface area contributed by atoms with Gasteiger partial charge in [0.05, 0.1) is 17.0 Å². The van der Waals surface area contributed by atoms with Gasteiger partial charge in [0, 0.05) is 6.42 Å². The molecule has 1 aromatic carbocycles. The summed E-state index contributed by atoms with van der Waals surface area (Å²) in [5.41, 5.74) is 0.0852. The van der Waals surface area contributed by atoms with Crippen LogP contribution in [0.3, 0.4) is 0 Å².